The number of rotatable bonds is 1. The van der Waals surface area contributed by atoms with Crippen molar-refractivity contribution < 1.29 is 0 Å². The first-order valence-electron chi connectivity index (χ1n) is 4.49. The minimum absolute atomic E-state index is 0.481. The van der Waals surface area contributed by atoms with Gasteiger partial charge in [-0.25, -0.2) is 0 Å². The van der Waals surface area contributed by atoms with Gasteiger partial charge in [-0.15, -0.1) is 0 Å². The van der Waals surface area contributed by atoms with E-state index in [1.807, 2.05) is 0 Å². The van der Waals surface area contributed by atoms with E-state index in [9.17, 15) is 0 Å². The third-order valence-electron chi connectivity index (χ3n) is 2.62. The van der Waals surface area contributed by atoms with Crippen LogP contribution in [0.2, 0.25) is 0 Å². The van der Waals surface area contributed by atoms with Crippen LogP contribution in [-0.2, 0) is 0 Å². The van der Waals surface area contributed by atoms with Crippen molar-refractivity contribution in [1.82, 2.24) is 5.43 Å². The molecule has 2 nitrogen and oxygen atoms in total. The highest BCUT2D eigenvalue weighted by molar-refractivity contribution is 4.85. The molecule has 0 bridgehead atoms. The van der Waals surface area contributed by atoms with E-state index in [1.54, 1.807) is 0 Å². The molecule has 0 aromatic heterocycles. The summed E-state index contributed by atoms with van der Waals surface area (Å²) >= 11 is 0. The summed E-state index contributed by atoms with van der Waals surface area (Å²) in [5, 5.41) is 0. The number of hydrazine groups is 1. The average Bonchev–Trinajstić information content (AvgIpc) is 1.83. The van der Waals surface area contributed by atoms with Gasteiger partial charge in [-0.05, 0) is 30.6 Å². The summed E-state index contributed by atoms with van der Waals surface area (Å²) in [7, 11) is 0. The number of hydrogen-bond donors (Lipinski definition) is 2. The normalized spacial score (nSPS) is 37.1. The third kappa shape index (κ3) is 2.46. The zero-order valence-corrected chi connectivity index (χ0v) is 7.85. The molecule has 0 radical (unpaired) electrons. The first-order chi connectivity index (χ1) is 5.03. The quantitative estimate of drug-likeness (QED) is 0.447. The summed E-state index contributed by atoms with van der Waals surface area (Å²) in [5.74, 6) is 6.26. The number of nitrogens with two attached hydrogens (primary N) is 1. The van der Waals surface area contributed by atoms with Gasteiger partial charge in [0.15, 0.2) is 0 Å². The van der Waals surface area contributed by atoms with E-state index >= 15 is 0 Å². The molecule has 1 fully saturated rings. The highest BCUT2D eigenvalue weighted by atomic mass is 15.2. The van der Waals surface area contributed by atoms with Crippen LogP contribution in [0.5, 0.6) is 0 Å². The average molecular weight is 156 g/mol. The Balaban J connectivity index is 2.51. The summed E-state index contributed by atoms with van der Waals surface area (Å²) in [6, 6.07) is 0.536. The summed E-state index contributed by atoms with van der Waals surface area (Å²) < 4.78 is 0. The zero-order chi connectivity index (χ0) is 8.48. The second-order valence-corrected chi connectivity index (χ2v) is 4.78. The van der Waals surface area contributed by atoms with Crippen LogP contribution in [0.25, 0.3) is 0 Å². The van der Waals surface area contributed by atoms with E-state index in [1.165, 1.54) is 19.3 Å². The van der Waals surface area contributed by atoms with Crippen molar-refractivity contribution >= 4 is 0 Å². The molecule has 66 valence electrons. The molecule has 2 atom stereocenters. The molecule has 1 aliphatic carbocycles. The van der Waals surface area contributed by atoms with Gasteiger partial charge in [0.25, 0.3) is 0 Å². The molecule has 0 aromatic carbocycles. The fourth-order valence-electron chi connectivity index (χ4n) is 2.47. The molecule has 1 rings (SSSR count). The molecule has 1 saturated carbocycles. The fourth-order valence-corrected chi connectivity index (χ4v) is 2.47. The zero-order valence-electron chi connectivity index (χ0n) is 7.85. The van der Waals surface area contributed by atoms with Gasteiger partial charge in [0.2, 0.25) is 0 Å². The standard InChI is InChI=1S/C9H20N2/c1-7-4-8(11-10)6-9(2,3)5-7/h7-8,11H,4-6,10H2,1-3H3/t7-,8+/m1/s1. The molecule has 0 spiro atoms. The van der Waals surface area contributed by atoms with Gasteiger partial charge in [-0.2, -0.15) is 0 Å². The van der Waals surface area contributed by atoms with Crippen LogP contribution in [0.1, 0.15) is 40.0 Å². The monoisotopic (exact) mass is 156 g/mol. The SMILES string of the molecule is C[C@@H]1C[C@H](NN)CC(C)(C)C1. The van der Waals surface area contributed by atoms with Crippen LogP contribution < -0.4 is 11.3 Å². The Bertz CT molecular complexity index is 132. The van der Waals surface area contributed by atoms with Crippen molar-refractivity contribution in [3.63, 3.8) is 0 Å². The largest absolute Gasteiger partial charge is 0.271 e. The van der Waals surface area contributed by atoms with Gasteiger partial charge < -0.3 is 0 Å². The Morgan fingerprint density at radius 1 is 1.36 bits per heavy atom. The van der Waals surface area contributed by atoms with E-state index < -0.39 is 0 Å². The van der Waals surface area contributed by atoms with Crippen LogP contribution in [0.4, 0.5) is 0 Å². The van der Waals surface area contributed by atoms with Gasteiger partial charge in [0.05, 0.1) is 0 Å². The highest BCUT2D eigenvalue weighted by Gasteiger charge is 2.31. The van der Waals surface area contributed by atoms with Crippen molar-refractivity contribution in [2.75, 3.05) is 0 Å². The van der Waals surface area contributed by atoms with Crippen molar-refractivity contribution in [2.45, 2.75) is 46.1 Å². The molecule has 3 N–H and O–H groups in total. The maximum Gasteiger partial charge on any atom is 0.0218 e. The summed E-state index contributed by atoms with van der Waals surface area (Å²) in [5.41, 5.74) is 3.37. The first kappa shape index (κ1) is 9.01. The van der Waals surface area contributed by atoms with Crippen molar-refractivity contribution in [2.24, 2.45) is 17.2 Å². The lowest BCUT2D eigenvalue weighted by Gasteiger charge is -2.38. The van der Waals surface area contributed by atoms with Crippen LogP contribution in [0.3, 0.4) is 0 Å². The van der Waals surface area contributed by atoms with E-state index in [0.29, 0.717) is 11.5 Å². The van der Waals surface area contributed by atoms with Gasteiger partial charge in [-0.3, -0.25) is 11.3 Å². The molecule has 0 aliphatic heterocycles. The summed E-state index contributed by atoms with van der Waals surface area (Å²) in [6.45, 7) is 6.96. The Kier molecular flexibility index (Phi) is 2.55. The second kappa shape index (κ2) is 3.11. The van der Waals surface area contributed by atoms with Crippen LogP contribution in [0.15, 0.2) is 0 Å². The van der Waals surface area contributed by atoms with Crippen LogP contribution in [0, 0.1) is 11.3 Å². The molecule has 2 heteroatoms. The predicted molar refractivity (Wildman–Crippen MR) is 47.9 cm³/mol. The number of nitrogens with one attached hydrogen (secondary N) is 1. The minimum Gasteiger partial charge on any atom is -0.271 e. The maximum absolute atomic E-state index is 5.44. The Hall–Kier alpha value is -0.0800. The highest BCUT2D eigenvalue weighted by Crippen LogP contribution is 2.38. The van der Waals surface area contributed by atoms with Crippen molar-refractivity contribution in [1.29, 1.82) is 0 Å². The van der Waals surface area contributed by atoms with Crippen molar-refractivity contribution in [3.05, 3.63) is 0 Å². The molecular formula is C9H20N2. The summed E-state index contributed by atoms with van der Waals surface area (Å²) in [6.07, 6.45) is 3.79. The molecular weight excluding hydrogens is 136 g/mol. The first-order valence-corrected chi connectivity index (χ1v) is 4.49. The van der Waals surface area contributed by atoms with E-state index in [-0.39, 0.29) is 0 Å². The minimum atomic E-state index is 0.481. The molecule has 0 heterocycles. The second-order valence-electron chi connectivity index (χ2n) is 4.78. The molecule has 0 aromatic rings. The Labute approximate surface area is 69.5 Å². The van der Waals surface area contributed by atoms with E-state index in [4.69, 9.17) is 5.84 Å². The molecule has 11 heavy (non-hydrogen) atoms. The lowest BCUT2D eigenvalue weighted by atomic mass is 9.71. The van der Waals surface area contributed by atoms with Gasteiger partial charge in [-0.1, -0.05) is 20.8 Å². The fraction of sp³-hybridized carbons (Fsp3) is 1.00. The van der Waals surface area contributed by atoms with Crippen LogP contribution in [-0.4, -0.2) is 6.04 Å². The lowest BCUT2D eigenvalue weighted by Crippen LogP contribution is -2.43. The summed E-state index contributed by atoms with van der Waals surface area (Å²) in [4.78, 5) is 0. The van der Waals surface area contributed by atoms with Crippen LogP contribution >= 0.6 is 0 Å². The maximum atomic E-state index is 5.44. The number of hydrogen-bond acceptors (Lipinski definition) is 2. The molecule has 0 unspecified atom stereocenters. The van der Waals surface area contributed by atoms with Gasteiger partial charge >= 0.3 is 0 Å². The topological polar surface area (TPSA) is 38.0 Å². The van der Waals surface area contributed by atoms with Crippen molar-refractivity contribution in [3.8, 4) is 0 Å². The smallest absolute Gasteiger partial charge is 0.0218 e. The van der Waals surface area contributed by atoms with Gasteiger partial charge in [0, 0.05) is 6.04 Å². The van der Waals surface area contributed by atoms with Gasteiger partial charge in [0.1, 0.15) is 0 Å². The Morgan fingerprint density at radius 3 is 2.45 bits per heavy atom. The lowest BCUT2D eigenvalue weighted by molar-refractivity contribution is 0.152. The third-order valence-corrected chi connectivity index (χ3v) is 2.62. The molecule has 0 saturated heterocycles. The molecule has 1 aliphatic rings. The van der Waals surface area contributed by atoms with E-state index in [0.717, 1.165) is 5.92 Å². The Morgan fingerprint density at radius 2 is 2.00 bits per heavy atom. The predicted octanol–water partition coefficient (Wildman–Crippen LogP) is 1.66. The van der Waals surface area contributed by atoms with E-state index in [2.05, 4.69) is 26.2 Å². The molecule has 0 amide bonds.